The van der Waals surface area contributed by atoms with Gasteiger partial charge < -0.3 is 4.74 Å². The zero-order valence-electron chi connectivity index (χ0n) is 32.7. The molecule has 2 heterocycles. The summed E-state index contributed by atoms with van der Waals surface area (Å²) in [5, 5.41) is 0. The molecule has 58 heavy (non-hydrogen) atoms. The second-order valence-electron chi connectivity index (χ2n) is 16.3. The van der Waals surface area contributed by atoms with E-state index < -0.39 is 5.41 Å². The van der Waals surface area contributed by atoms with Crippen LogP contribution in [-0.2, 0) is 5.41 Å². The fraction of sp³-hybridized carbons (Fsp3) is 0.127. The Morgan fingerprint density at radius 3 is 1.86 bits per heavy atom. The number of fused-ring (bicyclic) bond motifs is 9. The molecule has 11 rings (SSSR count). The summed E-state index contributed by atoms with van der Waals surface area (Å²) < 4.78 is 7.04. The summed E-state index contributed by atoms with van der Waals surface area (Å²) in [4.78, 5) is 10.7. The van der Waals surface area contributed by atoms with Crippen molar-refractivity contribution in [1.29, 1.82) is 0 Å². The Kier molecular flexibility index (Phi) is 7.94. The lowest BCUT2D eigenvalue weighted by Gasteiger charge is -2.53. The number of nitrogens with zero attached hydrogens (tertiary/aromatic N) is 2. The number of benzene rings is 6. The summed E-state index contributed by atoms with van der Waals surface area (Å²) >= 11 is 0. The lowest BCUT2D eigenvalue weighted by atomic mass is 9.52. The molecule has 0 fully saturated rings. The van der Waals surface area contributed by atoms with Crippen LogP contribution >= 0.6 is 0 Å². The Balaban J connectivity index is 1.08. The molecule has 6 aromatic carbocycles. The molecule has 0 radical (unpaired) electrons. The number of allylic oxidation sites excluding steroid dienone is 8. The van der Waals surface area contributed by atoms with Crippen LogP contribution in [0.3, 0.4) is 0 Å². The van der Waals surface area contributed by atoms with Gasteiger partial charge in [0, 0.05) is 22.1 Å². The molecule has 1 aromatic heterocycles. The molecule has 0 bridgehead atoms. The Morgan fingerprint density at radius 2 is 1.16 bits per heavy atom. The van der Waals surface area contributed by atoms with E-state index in [0.29, 0.717) is 5.82 Å². The van der Waals surface area contributed by atoms with Crippen LogP contribution in [0.4, 0.5) is 0 Å². The predicted molar refractivity (Wildman–Crippen MR) is 237 cm³/mol. The van der Waals surface area contributed by atoms with Crippen molar-refractivity contribution < 1.29 is 4.74 Å². The topological polar surface area (TPSA) is 35.0 Å². The third-order valence-corrected chi connectivity index (χ3v) is 13.1. The highest BCUT2D eigenvalue weighted by atomic mass is 16.5. The van der Waals surface area contributed by atoms with E-state index in [1.54, 1.807) is 0 Å². The first-order valence-corrected chi connectivity index (χ1v) is 20.4. The predicted octanol–water partition coefficient (Wildman–Crippen LogP) is 13.5. The minimum atomic E-state index is -0.442. The maximum Gasteiger partial charge on any atom is 0.160 e. The molecule has 1 aliphatic heterocycles. The number of ether oxygens (including phenoxy) is 1. The quantitative estimate of drug-likeness (QED) is 0.176. The Bertz CT molecular complexity index is 2840. The van der Waals surface area contributed by atoms with E-state index in [1.165, 1.54) is 55.7 Å². The molecular formula is C55H42N2O. The Labute approximate surface area is 340 Å². The van der Waals surface area contributed by atoms with Gasteiger partial charge in [-0.1, -0.05) is 184 Å². The zero-order chi connectivity index (χ0) is 38.8. The molecule has 1 spiro atoms. The lowest BCUT2D eigenvalue weighted by molar-refractivity contribution is 0.153. The molecule has 0 N–H and O–H groups in total. The molecule has 2 unspecified atom stereocenters. The van der Waals surface area contributed by atoms with Crippen LogP contribution in [0.1, 0.15) is 54.6 Å². The highest BCUT2D eigenvalue weighted by molar-refractivity contribution is 5.87. The van der Waals surface area contributed by atoms with Crippen molar-refractivity contribution in [3.8, 4) is 50.6 Å². The van der Waals surface area contributed by atoms with Gasteiger partial charge in [0.2, 0.25) is 0 Å². The van der Waals surface area contributed by atoms with E-state index in [4.69, 9.17) is 14.7 Å². The summed E-state index contributed by atoms with van der Waals surface area (Å²) in [5.41, 5.74) is 15.7. The first kappa shape index (κ1) is 34.4. The third-order valence-electron chi connectivity index (χ3n) is 13.1. The van der Waals surface area contributed by atoms with E-state index in [1.807, 2.05) is 0 Å². The summed E-state index contributed by atoms with van der Waals surface area (Å²) in [6, 6.07) is 56.8. The van der Waals surface area contributed by atoms with Crippen molar-refractivity contribution in [1.82, 2.24) is 9.97 Å². The second kappa shape index (κ2) is 13.4. The van der Waals surface area contributed by atoms with E-state index in [9.17, 15) is 0 Å². The van der Waals surface area contributed by atoms with Crippen molar-refractivity contribution >= 4 is 11.1 Å². The summed E-state index contributed by atoms with van der Waals surface area (Å²) in [5.74, 6) is 2.80. The van der Waals surface area contributed by atoms with E-state index in [2.05, 4.69) is 202 Å². The monoisotopic (exact) mass is 746 g/mol. The molecule has 7 aromatic rings. The number of aromatic nitrogens is 2. The standard InChI is InChI=1S/C55H42N2O/c1-36-33-41(38-17-7-4-8-18-38)28-30-43(36)50-35-49(40-26-24-39(25-27-40)37-15-5-3-6-16-37)56-53(57-50)42-29-31-48-51(34-42)58-52-23-13-14-32-54(52,2)55(48)46-21-11-9-19-44(46)45-20-10-12-22-47(45)55/h3-31,34-36H,32-33H2,1-2H3. The van der Waals surface area contributed by atoms with Gasteiger partial charge in [0.25, 0.3) is 0 Å². The number of hydrogen-bond acceptors (Lipinski definition) is 3. The van der Waals surface area contributed by atoms with Gasteiger partial charge in [-0.3, -0.25) is 0 Å². The maximum absolute atomic E-state index is 7.04. The third kappa shape index (κ3) is 5.19. The largest absolute Gasteiger partial charge is 0.461 e. The minimum Gasteiger partial charge on any atom is -0.461 e. The summed E-state index contributed by atoms with van der Waals surface area (Å²) in [6.07, 6.45) is 13.0. The van der Waals surface area contributed by atoms with Gasteiger partial charge in [-0.25, -0.2) is 9.97 Å². The van der Waals surface area contributed by atoms with Crippen molar-refractivity contribution in [3.05, 3.63) is 222 Å². The molecular weight excluding hydrogens is 705 g/mol. The average molecular weight is 747 g/mol. The normalized spacial score (nSPS) is 19.5. The maximum atomic E-state index is 7.04. The molecule has 0 saturated carbocycles. The number of hydrogen-bond donors (Lipinski definition) is 0. The second-order valence-corrected chi connectivity index (χ2v) is 16.3. The molecule has 2 atom stereocenters. The first-order valence-electron chi connectivity index (χ1n) is 20.4. The molecule has 3 nitrogen and oxygen atoms in total. The molecule has 278 valence electrons. The van der Waals surface area contributed by atoms with Gasteiger partial charge in [-0.15, -0.1) is 0 Å². The van der Waals surface area contributed by atoms with Crippen LogP contribution in [-0.4, -0.2) is 9.97 Å². The van der Waals surface area contributed by atoms with E-state index in [0.717, 1.165) is 46.9 Å². The van der Waals surface area contributed by atoms with E-state index >= 15 is 0 Å². The summed E-state index contributed by atoms with van der Waals surface area (Å²) in [6.45, 7) is 4.70. The Hall–Kier alpha value is -6.84. The van der Waals surface area contributed by atoms with Crippen LogP contribution in [0.2, 0.25) is 0 Å². The Morgan fingerprint density at radius 1 is 0.552 bits per heavy atom. The van der Waals surface area contributed by atoms with Crippen LogP contribution < -0.4 is 4.74 Å². The van der Waals surface area contributed by atoms with Gasteiger partial charge in [-0.2, -0.15) is 0 Å². The fourth-order valence-electron chi connectivity index (χ4n) is 10.2. The SMILES string of the molecule is CC1CC(c2ccccc2)=CC=C1c1cc(-c2ccc(-c3ccccc3)cc2)nc(-c2ccc3c(c2)OC2=CC=CCC2(C)C32c3ccccc3-c3ccccc32)n1. The van der Waals surface area contributed by atoms with Crippen LogP contribution in [0, 0.1) is 11.3 Å². The highest BCUT2D eigenvalue weighted by Gasteiger charge is 2.61. The molecule has 3 heteroatoms. The zero-order valence-corrected chi connectivity index (χ0v) is 32.7. The first-order chi connectivity index (χ1) is 28.5. The lowest BCUT2D eigenvalue weighted by Crippen LogP contribution is -2.50. The van der Waals surface area contributed by atoms with Gasteiger partial charge >= 0.3 is 0 Å². The molecule has 4 aliphatic rings. The van der Waals surface area contributed by atoms with Crippen LogP contribution in [0.15, 0.2) is 194 Å². The minimum absolute atomic E-state index is 0.273. The van der Waals surface area contributed by atoms with Gasteiger partial charge in [0.05, 0.1) is 16.8 Å². The summed E-state index contributed by atoms with van der Waals surface area (Å²) in [7, 11) is 0. The number of rotatable bonds is 5. The van der Waals surface area contributed by atoms with Gasteiger partial charge in [0.1, 0.15) is 11.5 Å². The van der Waals surface area contributed by atoms with Crippen molar-refractivity contribution in [3.63, 3.8) is 0 Å². The van der Waals surface area contributed by atoms with E-state index in [-0.39, 0.29) is 11.3 Å². The highest BCUT2D eigenvalue weighted by Crippen LogP contribution is 2.68. The van der Waals surface area contributed by atoms with Crippen molar-refractivity contribution in [2.75, 3.05) is 0 Å². The smallest absolute Gasteiger partial charge is 0.160 e. The molecule has 0 saturated heterocycles. The van der Waals surface area contributed by atoms with Crippen molar-refractivity contribution in [2.45, 2.75) is 32.1 Å². The van der Waals surface area contributed by atoms with Gasteiger partial charge in [0.15, 0.2) is 5.82 Å². The average Bonchev–Trinajstić information content (AvgIpc) is 3.58. The van der Waals surface area contributed by atoms with Crippen molar-refractivity contribution in [2.24, 2.45) is 11.3 Å². The van der Waals surface area contributed by atoms with Gasteiger partial charge in [-0.05, 0) is 87.1 Å². The molecule has 0 amide bonds. The van der Waals surface area contributed by atoms with Crippen LogP contribution in [0.5, 0.6) is 5.75 Å². The van der Waals surface area contributed by atoms with Crippen LogP contribution in [0.25, 0.3) is 56.0 Å². The fourth-order valence-corrected chi connectivity index (χ4v) is 10.2. The molecule has 3 aliphatic carbocycles.